The van der Waals surface area contributed by atoms with Gasteiger partial charge < -0.3 is 14.8 Å². The Morgan fingerprint density at radius 2 is 1.74 bits per heavy atom. The molecule has 2 atom stereocenters. The molecule has 1 saturated carbocycles. The topological polar surface area (TPSA) is 33.1 Å². The van der Waals surface area contributed by atoms with Gasteiger partial charge in [0.05, 0.1) is 17.8 Å². The zero-order valence-corrected chi connectivity index (χ0v) is 19.3. The Labute approximate surface area is 190 Å². The van der Waals surface area contributed by atoms with Crippen LogP contribution < -0.4 is 10.2 Å². The summed E-state index contributed by atoms with van der Waals surface area (Å²) in [6.45, 7) is 6.65. The Morgan fingerprint density at radius 1 is 1.00 bits per heavy atom. The molecule has 0 spiro atoms. The van der Waals surface area contributed by atoms with Gasteiger partial charge in [0, 0.05) is 29.3 Å². The largest absolute Gasteiger partial charge is 0.351 e. The van der Waals surface area contributed by atoms with Crippen molar-refractivity contribution >= 4 is 23.0 Å². The molecule has 31 heavy (non-hydrogen) atoms. The van der Waals surface area contributed by atoms with Crippen molar-refractivity contribution in [2.75, 3.05) is 4.90 Å². The van der Waals surface area contributed by atoms with Crippen LogP contribution in [0, 0.1) is 20.8 Å². The maximum absolute atomic E-state index is 5.88. The van der Waals surface area contributed by atoms with Crippen LogP contribution in [-0.4, -0.2) is 14.7 Å². The molecule has 2 aliphatic rings. The van der Waals surface area contributed by atoms with Gasteiger partial charge in [-0.1, -0.05) is 36.6 Å². The number of nitrogens with zero attached hydrogens (tertiary/aromatic N) is 3. The number of benzene rings is 1. The van der Waals surface area contributed by atoms with Crippen LogP contribution in [0.4, 0.5) is 5.69 Å². The number of pyridine rings is 1. The summed E-state index contributed by atoms with van der Waals surface area (Å²) in [5, 5.41) is 4.35. The van der Waals surface area contributed by atoms with Crippen molar-refractivity contribution in [3.05, 3.63) is 82.9 Å². The first-order valence-electron chi connectivity index (χ1n) is 11.3. The average Bonchev–Trinajstić information content (AvgIpc) is 3.47. The van der Waals surface area contributed by atoms with Crippen LogP contribution in [0.15, 0.2) is 54.7 Å². The fourth-order valence-corrected chi connectivity index (χ4v) is 5.83. The predicted molar refractivity (Wildman–Crippen MR) is 131 cm³/mol. The van der Waals surface area contributed by atoms with Crippen molar-refractivity contribution in [3.8, 4) is 0 Å². The van der Waals surface area contributed by atoms with E-state index in [4.69, 9.17) is 17.2 Å². The lowest BCUT2D eigenvalue weighted by Gasteiger charge is -2.28. The smallest absolute Gasteiger partial charge is 0.174 e. The van der Waals surface area contributed by atoms with Crippen LogP contribution in [-0.2, 0) is 0 Å². The highest BCUT2D eigenvalue weighted by Crippen LogP contribution is 2.44. The van der Waals surface area contributed by atoms with E-state index in [1.54, 1.807) is 0 Å². The molecule has 1 aliphatic carbocycles. The van der Waals surface area contributed by atoms with E-state index >= 15 is 0 Å². The van der Waals surface area contributed by atoms with E-state index in [9.17, 15) is 0 Å². The fraction of sp³-hybridized carbons (Fsp3) is 0.385. The highest BCUT2D eigenvalue weighted by molar-refractivity contribution is 7.80. The summed E-state index contributed by atoms with van der Waals surface area (Å²) < 4.78 is 2.58. The first-order valence-corrected chi connectivity index (χ1v) is 11.7. The lowest BCUT2D eigenvalue weighted by atomic mass is 9.96. The molecule has 160 valence electrons. The van der Waals surface area contributed by atoms with Gasteiger partial charge in [-0.25, -0.2) is 0 Å². The Hall–Kier alpha value is -2.66. The maximum atomic E-state index is 5.88. The van der Waals surface area contributed by atoms with Crippen LogP contribution >= 0.6 is 12.2 Å². The maximum Gasteiger partial charge on any atom is 0.174 e. The zero-order chi connectivity index (χ0) is 21.5. The minimum absolute atomic E-state index is 0.00697. The summed E-state index contributed by atoms with van der Waals surface area (Å²) in [6.07, 6.45) is 7.09. The monoisotopic (exact) mass is 430 g/mol. The van der Waals surface area contributed by atoms with E-state index in [1.807, 2.05) is 12.3 Å². The Balaban J connectivity index is 1.64. The standard InChI is InChI=1S/C26H30N4S/c1-17-11-13-21(14-12-17)30-25(24(28-26(30)31)23-10-6-7-15-27-23)22-16-18(2)29(19(22)3)20-8-4-5-9-20/h6-7,10-16,20,24-25H,4-5,8-9H2,1-3H3,(H,28,31)/t24-,25-/m1/s1. The number of thiocarbonyl (C=S) groups is 1. The molecule has 1 aliphatic heterocycles. The molecule has 3 aromatic rings. The van der Waals surface area contributed by atoms with Gasteiger partial charge in [-0.2, -0.15) is 0 Å². The minimum atomic E-state index is 0.00697. The molecule has 2 fully saturated rings. The van der Waals surface area contributed by atoms with Gasteiger partial charge in [0.25, 0.3) is 0 Å². The van der Waals surface area contributed by atoms with Crippen molar-refractivity contribution < 1.29 is 0 Å². The Kier molecular flexibility index (Phi) is 5.30. The normalized spacial score (nSPS) is 21.6. The number of anilines is 1. The van der Waals surface area contributed by atoms with Gasteiger partial charge in [-0.3, -0.25) is 4.98 Å². The summed E-state index contributed by atoms with van der Waals surface area (Å²) in [5.41, 5.74) is 7.44. The lowest BCUT2D eigenvalue weighted by Crippen LogP contribution is -2.29. The number of nitrogens with one attached hydrogen (secondary N) is 1. The van der Waals surface area contributed by atoms with Crippen molar-refractivity contribution in [3.63, 3.8) is 0 Å². The van der Waals surface area contributed by atoms with E-state index in [2.05, 4.69) is 78.0 Å². The van der Waals surface area contributed by atoms with Crippen molar-refractivity contribution in [2.24, 2.45) is 0 Å². The number of aromatic nitrogens is 2. The minimum Gasteiger partial charge on any atom is -0.351 e. The number of aryl methyl sites for hydroxylation is 2. The van der Waals surface area contributed by atoms with Gasteiger partial charge in [0.15, 0.2) is 5.11 Å². The van der Waals surface area contributed by atoms with Gasteiger partial charge >= 0.3 is 0 Å². The van der Waals surface area contributed by atoms with E-state index in [0.717, 1.165) is 16.5 Å². The van der Waals surface area contributed by atoms with E-state index in [1.165, 1.54) is 48.2 Å². The van der Waals surface area contributed by atoms with Crippen LogP contribution in [0.1, 0.15) is 72.0 Å². The SMILES string of the molecule is Cc1ccc(N2C(=S)N[C@H](c3ccccn3)[C@H]2c2cc(C)n(C3CCCC3)c2C)cc1. The Bertz CT molecular complexity index is 1080. The van der Waals surface area contributed by atoms with E-state index < -0.39 is 0 Å². The highest BCUT2D eigenvalue weighted by Gasteiger charge is 2.42. The molecule has 0 unspecified atom stereocenters. The molecular formula is C26H30N4S. The quantitative estimate of drug-likeness (QED) is 0.507. The second-order valence-corrected chi connectivity index (χ2v) is 9.35. The summed E-state index contributed by atoms with van der Waals surface area (Å²) >= 11 is 5.88. The average molecular weight is 431 g/mol. The second kappa shape index (κ2) is 8.12. The molecule has 0 bridgehead atoms. The van der Waals surface area contributed by atoms with E-state index in [-0.39, 0.29) is 12.1 Å². The van der Waals surface area contributed by atoms with Gasteiger partial charge in [-0.05, 0) is 81.7 Å². The van der Waals surface area contributed by atoms with Gasteiger partial charge in [0.2, 0.25) is 0 Å². The zero-order valence-electron chi connectivity index (χ0n) is 18.5. The van der Waals surface area contributed by atoms with Gasteiger partial charge in [-0.15, -0.1) is 0 Å². The first-order chi connectivity index (χ1) is 15.0. The highest BCUT2D eigenvalue weighted by atomic mass is 32.1. The van der Waals surface area contributed by atoms with Crippen molar-refractivity contribution in [2.45, 2.75) is 64.6 Å². The molecule has 4 nitrogen and oxygen atoms in total. The van der Waals surface area contributed by atoms with Crippen molar-refractivity contribution in [1.29, 1.82) is 0 Å². The lowest BCUT2D eigenvalue weighted by molar-refractivity contribution is 0.494. The third-order valence-electron chi connectivity index (χ3n) is 6.94. The molecule has 1 saturated heterocycles. The predicted octanol–water partition coefficient (Wildman–Crippen LogP) is 6.10. The summed E-state index contributed by atoms with van der Waals surface area (Å²) in [4.78, 5) is 6.98. The van der Waals surface area contributed by atoms with Crippen LogP contribution in [0.2, 0.25) is 0 Å². The molecule has 0 radical (unpaired) electrons. The second-order valence-electron chi connectivity index (χ2n) is 8.97. The summed E-state index contributed by atoms with van der Waals surface area (Å²) in [6, 6.07) is 17.9. The molecule has 2 aromatic heterocycles. The number of hydrogen-bond donors (Lipinski definition) is 1. The molecule has 5 heteroatoms. The molecular weight excluding hydrogens is 400 g/mol. The summed E-state index contributed by atoms with van der Waals surface area (Å²) in [5.74, 6) is 0. The molecule has 1 aromatic carbocycles. The molecule has 5 rings (SSSR count). The van der Waals surface area contributed by atoms with Crippen LogP contribution in [0.3, 0.4) is 0 Å². The molecule has 0 amide bonds. The van der Waals surface area contributed by atoms with Crippen LogP contribution in [0.25, 0.3) is 0 Å². The number of hydrogen-bond acceptors (Lipinski definition) is 2. The third-order valence-corrected chi connectivity index (χ3v) is 7.26. The van der Waals surface area contributed by atoms with Crippen LogP contribution in [0.5, 0.6) is 0 Å². The fourth-order valence-electron chi connectivity index (χ4n) is 5.48. The number of rotatable bonds is 4. The Morgan fingerprint density at radius 3 is 2.42 bits per heavy atom. The third kappa shape index (κ3) is 3.55. The molecule has 3 heterocycles. The first kappa shape index (κ1) is 20.3. The van der Waals surface area contributed by atoms with E-state index in [0.29, 0.717) is 6.04 Å². The summed E-state index contributed by atoms with van der Waals surface area (Å²) in [7, 11) is 0. The van der Waals surface area contributed by atoms with Gasteiger partial charge in [0.1, 0.15) is 0 Å². The van der Waals surface area contributed by atoms with Crippen molar-refractivity contribution in [1.82, 2.24) is 14.9 Å². The molecule has 1 N–H and O–H groups in total.